The molecule has 0 aromatic heterocycles. The number of nitrogens with zero attached hydrogens (tertiary/aromatic N) is 3. The first kappa shape index (κ1) is 25.0. The van der Waals surface area contributed by atoms with Crippen molar-refractivity contribution in [3.05, 3.63) is 35.4 Å². The van der Waals surface area contributed by atoms with Gasteiger partial charge in [-0.1, -0.05) is 24.3 Å². The Morgan fingerprint density at radius 1 is 1.14 bits per heavy atom. The Kier molecular flexibility index (Phi) is 12.6. The number of likely N-dealkylation sites (tertiary alicyclic amines) is 1. The van der Waals surface area contributed by atoms with Crippen molar-refractivity contribution in [1.82, 2.24) is 20.4 Å². The summed E-state index contributed by atoms with van der Waals surface area (Å²) >= 11 is 1.78. The molecule has 1 heterocycles. The topological polar surface area (TPSA) is 60.0 Å². The highest BCUT2D eigenvalue weighted by molar-refractivity contribution is 14.0. The fraction of sp³-hybridized carbons (Fsp3) is 0.600. The van der Waals surface area contributed by atoms with Gasteiger partial charge in [-0.05, 0) is 43.3 Å². The smallest absolute Gasteiger partial charge is 0.241 e. The van der Waals surface area contributed by atoms with Crippen molar-refractivity contribution in [2.45, 2.75) is 25.9 Å². The Morgan fingerprint density at radius 2 is 1.79 bits per heavy atom. The molecule has 158 valence electrons. The Balaban J connectivity index is 0.00000392. The van der Waals surface area contributed by atoms with Gasteiger partial charge in [0.2, 0.25) is 5.91 Å². The van der Waals surface area contributed by atoms with Crippen LogP contribution < -0.4 is 10.6 Å². The molecule has 1 saturated heterocycles. The SMILES string of the molecule is CSCCNC(=NCc1ccc(CN2CCCC2)cc1)NCC(=O)N(C)C.I. The molecule has 2 N–H and O–H groups in total. The summed E-state index contributed by atoms with van der Waals surface area (Å²) in [6.07, 6.45) is 4.72. The lowest BCUT2D eigenvalue weighted by Gasteiger charge is -2.15. The maximum Gasteiger partial charge on any atom is 0.241 e. The molecule has 0 aliphatic carbocycles. The summed E-state index contributed by atoms with van der Waals surface area (Å²) in [5.74, 6) is 1.70. The molecule has 1 aliphatic rings. The van der Waals surface area contributed by atoms with Crippen LogP contribution in [0, 0.1) is 0 Å². The Hall–Kier alpha value is -1.00. The van der Waals surface area contributed by atoms with E-state index in [4.69, 9.17) is 0 Å². The second-order valence-corrected chi connectivity index (χ2v) is 8.01. The number of carbonyl (C=O) groups is 1. The minimum atomic E-state index is 0. The van der Waals surface area contributed by atoms with Crippen LogP contribution in [-0.4, -0.2) is 73.9 Å². The largest absolute Gasteiger partial charge is 0.356 e. The van der Waals surface area contributed by atoms with Crippen LogP contribution in [0.4, 0.5) is 0 Å². The first-order chi connectivity index (χ1) is 13.1. The number of carbonyl (C=O) groups excluding carboxylic acids is 1. The van der Waals surface area contributed by atoms with Crippen molar-refractivity contribution >= 4 is 47.6 Å². The van der Waals surface area contributed by atoms with Crippen molar-refractivity contribution < 1.29 is 4.79 Å². The summed E-state index contributed by atoms with van der Waals surface area (Å²) in [6.45, 7) is 5.13. The van der Waals surface area contributed by atoms with E-state index in [0.717, 1.165) is 18.8 Å². The molecule has 28 heavy (non-hydrogen) atoms. The molecule has 0 spiro atoms. The Labute approximate surface area is 190 Å². The van der Waals surface area contributed by atoms with E-state index in [9.17, 15) is 4.79 Å². The van der Waals surface area contributed by atoms with Crippen molar-refractivity contribution in [2.24, 2.45) is 4.99 Å². The lowest BCUT2D eigenvalue weighted by molar-refractivity contribution is -0.127. The number of hydrogen-bond donors (Lipinski definition) is 2. The van der Waals surface area contributed by atoms with E-state index in [1.165, 1.54) is 37.1 Å². The zero-order valence-corrected chi connectivity index (χ0v) is 20.4. The van der Waals surface area contributed by atoms with E-state index in [2.05, 4.69) is 51.0 Å². The summed E-state index contributed by atoms with van der Waals surface area (Å²) in [7, 11) is 3.51. The standard InChI is InChI=1S/C20H33N5OS.HI/c1-24(2)19(26)15-23-20(21-10-13-27-3)22-14-17-6-8-18(9-7-17)16-25-11-4-5-12-25;/h6-9H,4-5,10-16H2,1-3H3,(H2,21,22,23);1H. The zero-order chi connectivity index (χ0) is 19.5. The van der Waals surface area contributed by atoms with E-state index in [1.54, 1.807) is 30.8 Å². The molecular weight excluding hydrogens is 485 g/mol. The van der Waals surface area contributed by atoms with E-state index in [1.807, 2.05) is 0 Å². The number of halogens is 1. The molecule has 1 aromatic rings. The van der Waals surface area contributed by atoms with Crippen LogP contribution >= 0.6 is 35.7 Å². The van der Waals surface area contributed by atoms with E-state index in [-0.39, 0.29) is 36.4 Å². The minimum Gasteiger partial charge on any atom is -0.356 e. The van der Waals surface area contributed by atoms with Gasteiger partial charge in [0.1, 0.15) is 0 Å². The molecule has 1 fully saturated rings. The van der Waals surface area contributed by atoms with Gasteiger partial charge in [-0.25, -0.2) is 4.99 Å². The first-order valence-electron chi connectivity index (χ1n) is 9.60. The summed E-state index contributed by atoms with van der Waals surface area (Å²) in [5, 5.41) is 6.41. The molecule has 1 aromatic carbocycles. The fourth-order valence-corrected chi connectivity index (χ4v) is 3.19. The highest BCUT2D eigenvalue weighted by atomic mass is 127. The first-order valence-corrected chi connectivity index (χ1v) is 11.0. The number of hydrogen-bond acceptors (Lipinski definition) is 4. The predicted molar refractivity (Wildman–Crippen MR) is 131 cm³/mol. The highest BCUT2D eigenvalue weighted by Gasteiger charge is 2.11. The van der Waals surface area contributed by atoms with Crippen LogP contribution in [0.1, 0.15) is 24.0 Å². The van der Waals surface area contributed by atoms with Gasteiger partial charge in [-0.15, -0.1) is 24.0 Å². The van der Waals surface area contributed by atoms with Crippen LogP contribution in [0.2, 0.25) is 0 Å². The van der Waals surface area contributed by atoms with Crippen LogP contribution in [0.3, 0.4) is 0 Å². The zero-order valence-electron chi connectivity index (χ0n) is 17.2. The molecule has 6 nitrogen and oxygen atoms in total. The third kappa shape index (κ3) is 9.47. The summed E-state index contributed by atoms with van der Waals surface area (Å²) < 4.78 is 0. The normalized spacial score (nSPS) is 14.5. The number of benzene rings is 1. The fourth-order valence-electron chi connectivity index (χ4n) is 2.88. The molecule has 0 unspecified atom stereocenters. The van der Waals surface area contributed by atoms with Gasteiger partial charge in [-0.3, -0.25) is 9.69 Å². The summed E-state index contributed by atoms with van der Waals surface area (Å²) in [6, 6.07) is 8.71. The third-order valence-electron chi connectivity index (χ3n) is 4.55. The predicted octanol–water partition coefficient (Wildman–Crippen LogP) is 2.39. The second kappa shape index (κ2) is 14.1. The Morgan fingerprint density at radius 3 is 2.39 bits per heavy atom. The molecule has 8 heteroatoms. The summed E-state index contributed by atoms with van der Waals surface area (Å²) in [5.41, 5.74) is 2.53. The van der Waals surface area contributed by atoms with Gasteiger partial charge in [0.15, 0.2) is 5.96 Å². The molecule has 1 aliphatic heterocycles. The molecule has 2 rings (SSSR count). The maximum absolute atomic E-state index is 11.8. The minimum absolute atomic E-state index is 0. The highest BCUT2D eigenvalue weighted by Crippen LogP contribution is 2.13. The van der Waals surface area contributed by atoms with Gasteiger partial charge in [0.25, 0.3) is 0 Å². The summed E-state index contributed by atoms with van der Waals surface area (Å²) in [4.78, 5) is 20.5. The number of nitrogens with one attached hydrogen (secondary N) is 2. The van der Waals surface area contributed by atoms with Crippen LogP contribution in [0.5, 0.6) is 0 Å². The van der Waals surface area contributed by atoms with Gasteiger partial charge in [-0.2, -0.15) is 11.8 Å². The quantitative estimate of drug-likeness (QED) is 0.227. The van der Waals surface area contributed by atoms with E-state index in [0.29, 0.717) is 12.5 Å². The molecule has 1 amide bonds. The average Bonchev–Trinajstić information content (AvgIpc) is 3.17. The number of amides is 1. The lowest BCUT2D eigenvalue weighted by Crippen LogP contribution is -2.43. The van der Waals surface area contributed by atoms with Gasteiger partial charge in [0.05, 0.1) is 13.1 Å². The van der Waals surface area contributed by atoms with E-state index < -0.39 is 0 Å². The molecule has 0 bridgehead atoms. The average molecular weight is 519 g/mol. The van der Waals surface area contributed by atoms with Crippen molar-refractivity contribution in [3.8, 4) is 0 Å². The monoisotopic (exact) mass is 519 g/mol. The molecule has 0 atom stereocenters. The van der Waals surface area contributed by atoms with Gasteiger partial charge >= 0.3 is 0 Å². The number of aliphatic imine (C=N–C) groups is 1. The van der Waals surface area contributed by atoms with E-state index >= 15 is 0 Å². The van der Waals surface area contributed by atoms with Crippen molar-refractivity contribution in [3.63, 3.8) is 0 Å². The van der Waals surface area contributed by atoms with Crippen LogP contribution in [-0.2, 0) is 17.9 Å². The Bertz CT molecular complexity index is 603. The molecular formula is C20H34IN5OS. The molecule has 0 saturated carbocycles. The molecule has 0 radical (unpaired) electrons. The van der Waals surface area contributed by atoms with Gasteiger partial charge < -0.3 is 15.5 Å². The van der Waals surface area contributed by atoms with Crippen molar-refractivity contribution in [2.75, 3.05) is 52.3 Å². The number of thioether (sulfide) groups is 1. The van der Waals surface area contributed by atoms with Crippen LogP contribution in [0.15, 0.2) is 29.3 Å². The number of likely N-dealkylation sites (N-methyl/N-ethyl adjacent to an activating group) is 1. The number of guanidine groups is 1. The van der Waals surface area contributed by atoms with Crippen LogP contribution in [0.25, 0.3) is 0 Å². The van der Waals surface area contributed by atoms with Gasteiger partial charge in [0, 0.05) is 32.9 Å². The maximum atomic E-state index is 11.8. The third-order valence-corrected chi connectivity index (χ3v) is 5.16. The number of rotatable bonds is 9. The van der Waals surface area contributed by atoms with Crippen molar-refractivity contribution in [1.29, 1.82) is 0 Å². The second-order valence-electron chi connectivity index (χ2n) is 7.03. The lowest BCUT2D eigenvalue weighted by atomic mass is 10.1.